The van der Waals surface area contributed by atoms with Crippen LogP contribution in [0.3, 0.4) is 0 Å². The molecule has 158 valence electrons. The Labute approximate surface area is 171 Å². The lowest BCUT2D eigenvalue weighted by atomic mass is 9.94. The standard InChI is InChI=1S/C11H16N2O2.C10H14N2O2/c1-11(2,3)10(14)13-5-4-9-8(6-13)12-7-15-9;1-10(2,3)9(13)12-4-7-8(5-12)14-6-11-7/h7H,4-6H2,1-3H3;6H,4-5H2,1-3H3. The molecule has 0 aromatic carbocycles. The first-order valence-corrected chi connectivity index (χ1v) is 9.88. The minimum Gasteiger partial charge on any atom is -0.448 e. The van der Waals surface area contributed by atoms with Crippen LogP contribution in [0.1, 0.15) is 64.5 Å². The molecular weight excluding hydrogens is 372 g/mol. The minimum absolute atomic E-state index is 0.144. The van der Waals surface area contributed by atoms with Crippen molar-refractivity contribution in [3.63, 3.8) is 0 Å². The summed E-state index contributed by atoms with van der Waals surface area (Å²) >= 11 is 0. The lowest BCUT2D eigenvalue weighted by Gasteiger charge is -2.31. The van der Waals surface area contributed by atoms with Crippen LogP contribution >= 0.6 is 0 Å². The molecule has 4 heterocycles. The Bertz CT molecular complexity index is 865. The number of aromatic nitrogens is 2. The molecule has 2 amide bonds. The Morgan fingerprint density at radius 2 is 1.28 bits per heavy atom. The summed E-state index contributed by atoms with van der Waals surface area (Å²) in [6.45, 7) is 14.0. The van der Waals surface area contributed by atoms with Gasteiger partial charge < -0.3 is 18.6 Å². The van der Waals surface area contributed by atoms with Gasteiger partial charge in [0.25, 0.3) is 0 Å². The molecule has 8 heteroatoms. The predicted octanol–water partition coefficient (Wildman–Crippen LogP) is 3.17. The number of rotatable bonds is 0. The van der Waals surface area contributed by atoms with E-state index in [1.54, 1.807) is 4.90 Å². The lowest BCUT2D eigenvalue weighted by molar-refractivity contribution is -0.141. The minimum atomic E-state index is -0.330. The molecular formula is C21H30N4O4. The first kappa shape index (κ1) is 21.1. The van der Waals surface area contributed by atoms with E-state index < -0.39 is 0 Å². The number of oxazole rings is 2. The molecule has 8 nitrogen and oxygen atoms in total. The SMILES string of the molecule is CC(C)(C)C(=O)N1CCc2ocnc2C1.CC(C)(C)C(=O)N1Cc2ncoc2C1. The first-order chi connectivity index (χ1) is 13.5. The summed E-state index contributed by atoms with van der Waals surface area (Å²) in [5, 5.41) is 0. The van der Waals surface area contributed by atoms with Crippen molar-refractivity contribution < 1.29 is 18.4 Å². The van der Waals surface area contributed by atoms with Crippen LogP contribution in [-0.4, -0.2) is 38.1 Å². The normalized spacial score (nSPS) is 16.1. The summed E-state index contributed by atoms with van der Waals surface area (Å²) in [6.07, 6.45) is 3.66. The smallest absolute Gasteiger partial charge is 0.228 e. The van der Waals surface area contributed by atoms with Crippen LogP contribution in [0.5, 0.6) is 0 Å². The molecule has 2 aliphatic heterocycles. The molecule has 2 aromatic heterocycles. The average Bonchev–Trinajstić information content (AvgIpc) is 3.34. The maximum Gasteiger partial charge on any atom is 0.228 e. The monoisotopic (exact) mass is 402 g/mol. The van der Waals surface area contributed by atoms with Gasteiger partial charge in [-0.15, -0.1) is 0 Å². The van der Waals surface area contributed by atoms with E-state index in [4.69, 9.17) is 8.83 Å². The summed E-state index contributed by atoms with van der Waals surface area (Å²) < 4.78 is 10.4. The number of carbonyl (C=O) groups excluding carboxylic acids is 2. The molecule has 0 N–H and O–H groups in total. The zero-order valence-corrected chi connectivity index (χ0v) is 18.1. The van der Waals surface area contributed by atoms with Crippen LogP contribution in [0, 0.1) is 10.8 Å². The van der Waals surface area contributed by atoms with Crippen molar-refractivity contribution >= 4 is 11.8 Å². The molecule has 0 saturated heterocycles. The molecule has 0 radical (unpaired) electrons. The molecule has 0 atom stereocenters. The van der Waals surface area contributed by atoms with Crippen molar-refractivity contribution in [2.75, 3.05) is 6.54 Å². The highest BCUT2D eigenvalue weighted by Crippen LogP contribution is 2.27. The number of carbonyl (C=O) groups is 2. The van der Waals surface area contributed by atoms with Gasteiger partial charge in [0.1, 0.15) is 22.9 Å². The molecule has 0 fully saturated rings. The van der Waals surface area contributed by atoms with Crippen molar-refractivity contribution in [2.24, 2.45) is 10.8 Å². The maximum absolute atomic E-state index is 12.0. The molecule has 4 rings (SSSR count). The zero-order valence-electron chi connectivity index (χ0n) is 18.1. The van der Waals surface area contributed by atoms with Crippen LogP contribution in [0.4, 0.5) is 0 Å². The van der Waals surface area contributed by atoms with Crippen molar-refractivity contribution in [3.8, 4) is 0 Å². The fraction of sp³-hybridized carbons (Fsp3) is 0.619. The van der Waals surface area contributed by atoms with Gasteiger partial charge in [0.15, 0.2) is 12.8 Å². The van der Waals surface area contributed by atoms with Crippen molar-refractivity contribution in [1.29, 1.82) is 0 Å². The highest BCUT2D eigenvalue weighted by molar-refractivity contribution is 5.82. The summed E-state index contributed by atoms with van der Waals surface area (Å²) in [4.78, 5) is 35.7. The second-order valence-corrected chi connectivity index (χ2v) is 9.58. The Hall–Kier alpha value is -2.64. The third kappa shape index (κ3) is 4.68. The molecule has 0 spiro atoms. The predicted molar refractivity (Wildman–Crippen MR) is 105 cm³/mol. The van der Waals surface area contributed by atoms with E-state index in [9.17, 15) is 9.59 Å². The van der Waals surface area contributed by atoms with E-state index in [0.29, 0.717) is 19.6 Å². The van der Waals surface area contributed by atoms with Crippen molar-refractivity contribution in [2.45, 2.75) is 67.6 Å². The Kier molecular flexibility index (Phi) is 5.56. The highest BCUT2D eigenvalue weighted by Gasteiger charge is 2.33. The topological polar surface area (TPSA) is 92.7 Å². The fourth-order valence-electron chi connectivity index (χ4n) is 3.35. The molecule has 0 saturated carbocycles. The van der Waals surface area contributed by atoms with Gasteiger partial charge in [-0.2, -0.15) is 0 Å². The number of nitrogens with zero attached hydrogens (tertiary/aromatic N) is 4. The van der Waals surface area contributed by atoms with Gasteiger partial charge >= 0.3 is 0 Å². The summed E-state index contributed by atoms with van der Waals surface area (Å²) in [6, 6.07) is 0. The van der Waals surface area contributed by atoms with Gasteiger partial charge in [0.2, 0.25) is 11.8 Å². The van der Waals surface area contributed by atoms with Crippen molar-refractivity contribution in [1.82, 2.24) is 19.8 Å². The van der Waals surface area contributed by atoms with Crippen LogP contribution in [0.15, 0.2) is 21.6 Å². The highest BCUT2D eigenvalue weighted by atomic mass is 16.3. The van der Waals surface area contributed by atoms with Crippen molar-refractivity contribution in [3.05, 3.63) is 35.7 Å². The van der Waals surface area contributed by atoms with Gasteiger partial charge in [0, 0.05) is 23.8 Å². The molecule has 0 unspecified atom stereocenters. The van der Waals surface area contributed by atoms with E-state index in [-0.39, 0.29) is 22.6 Å². The number of amides is 2. The van der Waals surface area contributed by atoms with E-state index in [1.807, 2.05) is 46.4 Å². The van der Waals surface area contributed by atoms with Gasteiger partial charge in [-0.3, -0.25) is 9.59 Å². The number of hydrogen-bond donors (Lipinski definition) is 0. The molecule has 29 heavy (non-hydrogen) atoms. The second kappa shape index (κ2) is 7.65. The van der Waals surface area contributed by atoms with Gasteiger partial charge in [-0.05, 0) is 0 Å². The van der Waals surface area contributed by atoms with Crippen LogP contribution < -0.4 is 0 Å². The first-order valence-electron chi connectivity index (χ1n) is 9.88. The summed E-state index contributed by atoms with van der Waals surface area (Å²) in [5.41, 5.74) is 1.14. The molecule has 0 bridgehead atoms. The fourth-order valence-corrected chi connectivity index (χ4v) is 3.35. The molecule has 2 aliphatic rings. The lowest BCUT2D eigenvalue weighted by Crippen LogP contribution is -2.42. The van der Waals surface area contributed by atoms with E-state index in [0.717, 1.165) is 35.9 Å². The Morgan fingerprint density at radius 1 is 0.793 bits per heavy atom. The second-order valence-electron chi connectivity index (χ2n) is 9.58. The Morgan fingerprint density at radius 3 is 1.83 bits per heavy atom. The summed E-state index contributed by atoms with van der Waals surface area (Å²) in [5.74, 6) is 2.07. The molecule has 0 aliphatic carbocycles. The van der Waals surface area contributed by atoms with Crippen LogP contribution in [0.25, 0.3) is 0 Å². The largest absolute Gasteiger partial charge is 0.448 e. The zero-order chi connectivity index (χ0) is 21.4. The van der Waals surface area contributed by atoms with Crippen LogP contribution in [0.2, 0.25) is 0 Å². The van der Waals surface area contributed by atoms with E-state index in [2.05, 4.69) is 9.97 Å². The number of fused-ring (bicyclic) bond motifs is 2. The quantitative estimate of drug-likeness (QED) is 0.672. The average molecular weight is 402 g/mol. The third-order valence-corrected chi connectivity index (χ3v) is 4.93. The van der Waals surface area contributed by atoms with Gasteiger partial charge in [-0.25, -0.2) is 9.97 Å². The Balaban J connectivity index is 0.000000166. The maximum atomic E-state index is 12.0. The van der Waals surface area contributed by atoms with Gasteiger partial charge in [-0.1, -0.05) is 41.5 Å². The molecule has 2 aromatic rings. The number of hydrogen-bond acceptors (Lipinski definition) is 6. The van der Waals surface area contributed by atoms with Gasteiger partial charge in [0.05, 0.1) is 19.6 Å². The summed E-state index contributed by atoms with van der Waals surface area (Å²) in [7, 11) is 0. The van der Waals surface area contributed by atoms with Crippen LogP contribution in [-0.2, 0) is 35.6 Å². The van der Waals surface area contributed by atoms with E-state index in [1.165, 1.54) is 12.8 Å². The van der Waals surface area contributed by atoms with E-state index >= 15 is 0 Å². The third-order valence-electron chi connectivity index (χ3n) is 4.93.